The van der Waals surface area contributed by atoms with Crippen LogP contribution in [0.3, 0.4) is 0 Å². The average Bonchev–Trinajstić information content (AvgIpc) is 3.20. The van der Waals surface area contributed by atoms with Gasteiger partial charge in [0.25, 0.3) is 0 Å². The van der Waals surface area contributed by atoms with E-state index in [-0.39, 0.29) is 20.4 Å². The molecular formula is C19H17N4PPd. The number of hydrogen-bond donors (Lipinski definition) is 1. The molecule has 6 heteroatoms. The topological polar surface area (TPSA) is 54.5 Å². The van der Waals surface area contributed by atoms with Gasteiger partial charge in [-0.2, -0.15) is 0 Å². The van der Waals surface area contributed by atoms with Crippen LogP contribution in [0, 0.1) is 0 Å². The molecule has 0 unspecified atom stereocenters. The van der Waals surface area contributed by atoms with Crippen molar-refractivity contribution in [1.29, 1.82) is 0 Å². The molecule has 1 heterocycles. The van der Waals surface area contributed by atoms with Crippen molar-refractivity contribution >= 4 is 28.7 Å². The normalized spacial score (nSPS) is 11.5. The van der Waals surface area contributed by atoms with Crippen molar-refractivity contribution < 1.29 is 20.4 Å². The first-order valence-corrected chi connectivity index (χ1v) is 9.83. The summed E-state index contributed by atoms with van der Waals surface area (Å²) in [6, 6.07) is 31.6. The van der Waals surface area contributed by atoms with Crippen molar-refractivity contribution in [3.05, 3.63) is 91.0 Å². The molecule has 0 aliphatic carbocycles. The van der Waals surface area contributed by atoms with E-state index in [0.29, 0.717) is 0 Å². The van der Waals surface area contributed by atoms with Gasteiger partial charge in [-0.1, -0.05) is 0 Å². The van der Waals surface area contributed by atoms with Crippen molar-refractivity contribution in [2.24, 2.45) is 0 Å². The van der Waals surface area contributed by atoms with Crippen molar-refractivity contribution in [2.75, 3.05) is 0 Å². The first-order chi connectivity index (χ1) is 11.9. The molecule has 0 saturated carbocycles. The molecule has 0 radical (unpaired) electrons. The van der Waals surface area contributed by atoms with E-state index in [0.717, 1.165) is 5.57 Å². The predicted octanol–water partition coefficient (Wildman–Crippen LogP) is 1.55. The summed E-state index contributed by atoms with van der Waals surface area (Å²) in [6.07, 6.45) is 0. The Morgan fingerprint density at radius 1 is 0.600 bits per heavy atom. The van der Waals surface area contributed by atoms with Gasteiger partial charge >= 0.3 is 140 Å². The molecule has 128 valence electrons. The summed E-state index contributed by atoms with van der Waals surface area (Å²) in [5.41, 5.74) is 0.839. The van der Waals surface area contributed by atoms with Crippen LogP contribution in [0.1, 0.15) is 0 Å². The predicted molar refractivity (Wildman–Crippen MR) is 100 cm³/mol. The number of nitrogens with zero attached hydrogens (tertiary/aromatic N) is 3. The molecule has 0 spiro atoms. The van der Waals surface area contributed by atoms with Gasteiger partial charge in [-0.3, -0.25) is 0 Å². The Bertz CT molecular complexity index is 803. The maximum absolute atomic E-state index is 4.36. The zero-order valence-corrected chi connectivity index (χ0v) is 15.9. The Labute approximate surface area is 160 Å². The van der Waals surface area contributed by atoms with Gasteiger partial charge < -0.3 is 0 Å². The quantitative estimate of drug-likeness (QED) is 0.388. The van der Waals surface area contributed by atoms with E-state index in [2.05, 4.69) is 93.4 Å². The number of rotatable bonds is 4. The summed E-state index contributed by atoms with van der Waals surface area (Å²) in [6.45, 7) is 0. The summed E-state index contributed by atoms with van der Waals surface area (Å²) in [5.74, 6) is 0. The van der Waals surface area contributed by atoms with Gasteiger partial charge in [-0.05, 0) is 0 Å². The van der Waals surface area contributed by atoms with E-state index in [1.54, 1.807) is 0 Å². The fraction of sp³-hybridized carbons (Fsp3) is 0. The first-order valence-electron chi connectivity index (χ1n) is 7.83. The summed E-state index contributed by atoms with van der Waals surface area (Å²) >= 11 is 0. The maximum atomic E-state index is 4.36. The standard InChI is InChI=1S/C19H17N4P.Pd/c1-4-10-16(11-5-1)24(19-20-22-23-21-19,17-12-6-2-7-13-17)18-14-8-3-9-15-18;/h1-15,24H,(H,20,21,22,23);. The molecule has 4 nitrogen and oxygen atoms in total. The van der Waals surface area contributed by atoms with Crippen molar-refractivity contribution in [1.82, 2.24) is 20.6 Å². The van der Waals surface area contributed by atoms with Crippen LogP contribution in [0.5, 0.6) is 0 Å². The van der Waals surface area contributed by atoms with Crippen LogP contribution in [0.4, 0.5) is 0 Å². The van der Waals surface area contributed by atoms with Gasteiger partial charge in [0, 0.05) is 20.4 Å². The molecule has 1 aromatic heterocycles. The molecule has 0 aliphatic rings. The molecule has 0 aliphatic heterocycles. The van der Waals surface area contributed by atoms with E-state index < -0.39 is 7.26 Å². The Kier molecular flexibility index (Phi) is 5.51. The average molecular weight is 439 g/mol. The van der Waals surface area contributed by atoms with Gasteiger partial charge in [0.15, 0.2) is 0 Å². The zero-order valence-electron chi connectivity index (χ0n) is 13.3. The second kappa shape index (κ2) is 7.80. The van der Waals surface area contributed by atoms with Crippen molar-refractivity contribution in [2.45, 2.75) is 0 Å². The van der Waals surface area contributed by atoms with Crippen LogP contribution in [-0.2, 0) is 20.4 Å². The minimum atomic E-state index is -2.54. The number of aromatic nitrogens is 4. The third-order valence-corrected chi connectivity index (χ3v) is 8.84. The molecule has 0 atom stereocenters. The molecular weight excluding hydrogens is 422 g/mol. The number of hydrogen-bond acceptors (Lipinski definition) is 3. The Hall–Kier alpha value is -2.18. The summed E-state index contributed by atoms with van der Waals surface area (Å²) in [7, 11) is -2.54. The minimum absolute atomic E-state index is 0. The number of aromatic amines is 1. The molecule has 1 N–H and O–H groups in total. The zero-order chi connectivity index (χ0) is 16.2. The summed E-state index contributed by atoms with van der Waals surface area (Å²) < 4.78 is 0. The first kappa shape index (κ1) is 17.6. The summed E-state index contributed by atoms with van der Waals surface area (Å²) in [4.78, 5) is 0. The molecule has 0 bridgehead atoms. The molecule has 0 amide bonds. The van der Waals surface area contributed by atoms with Crippen LogP contribution < -0.4 is 21.5 Å². The molecule has 3 aromatic carbocycles. The third-order valence-electron chi connectivity index (χ3n) is 4.32. The summed E-state index contributed by atoms with van der Waals surface area (Å²) in [5, 5.41) is 18.9. The van der Waals surface area contributed by atoms with E-state index in [1.165, 1.54) is 15.9 Å². The SMILES string of the molecule is [Pd].c1ccc([PH](c2ccccc2)(c2ccccc2)c2nnn[nH]2)cc1. The van der Waals surface area contributed by atoms with Crippen LogP contribution in [0.25, 0.3) is 0 Å². The van der Waals surface area contributed by atoms with Crippen molar-refractivity contribution in [3.8, 4) is 0 Å². The molecule has 25 heavy (non-hydrogen) atoms. The van der Waals surface area contributed by atoms with E-state index >= 15 is 0 Å². The van der Waals surface area contributed by atoms with E-state index in [4.69, 9.17) is 0 Å². The van der Waals surface area contributed by atoms with Gasteiger partial charge in [0.2, 0.25) is 0 Å². The van der Waals surface area contributed by atoms with Crippen LogP contribution in [0.15, 0.2) is 91.0 Å². The molecule has 0 saturated heterocycles. The van der Waals surface area contributed by atoms with Gasteiger partial charge in [-0.15, -0.1) is 0 Å². The van der Waals surface area contributed by atoms with Crippen LogP contribution in [-0.4, -0.2) is 20.6 Å². The molecule has 0 fully saturated rings. The van der Waals surface area contributed by atoms with Crippen molar-refractivity contribution in [3.63, 3.8) is 0 Å². The van der Waals surface area contributed by atoms with Gasteiger partial charge in [0.05, 0.1) is 0 Å². The second-order valence-corrected chi connectivity index (χ2v) is 9.30. The van der Waals surface area contributed by atoms with E-state index in [9.17, 15) is 0 Å². The Morgan fingerprint density at radius 2 is 1.00 bits per heavy atom. The van der Waals surface area contributed by atoms with Crippen LogP contribution in [0.2, 0.25) is 0 Å². The Balaban J connectivity index is 0.00000182. The number of benzene rings is 3. The van der Waals surface area contributed by atoms with E-state index in [1.807, 2.05) is 18.2 Å². The van der Waals surface area contributed by atoms with Crippen LogP contribution >= 0.6 is 7.26 Å². The molecule has 4 rings (SSSR count). The number of H-pyrrole nitrogens is 1. The second-order valence-electron chi connectivity index (χ2n) is 5.60. The monoisotopic (exact) mass is 438 g/mol. The van der Waals surface area contributed by atoms with Gasteiger partial charge in [0.1, 0.15) is 0 Å². The fourth-order valence-electron chi connectivity index (χ4n) is 3.29. The number of tetrazole rings is 1. The third kappa shape index (κ3) is 3.07. The Morgan fingerprint density at radius 3 is 1.32 bits per heavy atom. The number of nitrogens with one attached hydrogen (secondary N) is 1. The fourth-order valence-corrected chi connectivity index (χ4v) is 7.60. The van der Waals surface area contributed by atoms with Gasteiger partial charge in [-0.25, -0.2) is 0 Å². The molecule has 4 aromatic rings.